The molecule has 6 nitrogen and oxygen atoms in total. The average molecular weight is 361 g/mol. The van der Waals surface area contributed by atoms with Crippen LogP contribution >= 0.6 is 0 Å². The van der Waals surface area contributed by atoms with Gasteiger partial charge in [-0.25, -0.2) is 18.4 Å². The molecule has 1 aromatic heterocycles. The van der Waals surface area contributed by atoms with Gasteiger partial charge in [-0.3, -0.25) is 0 Å². The van der Waals surface area contributed by atoms with E-state index in [4.69, 9.17) is 4.74 Å². The zero-order valence-corrected chi connectivity index (χ0v) is 15.8. The second kappa shape index (κ2) is 6.72. The molecule has 0 unspecified atom stereocenters. The molecule has 1 saturated heterocycles. The van der Waals surface area contributed by atoms with Gasteiger partial charge in [-0.15, -0.1) is 0 Å². The molecule has 3 rings (SSSR count). The third kappa shape index (κ3) is 3.82. The number of hydrogen-bond donors (Lipinski definition) is 0. The second-order valence-corrected chi connectivity index (χ2v) is 8.50. The van der Waals surface area contributed by atoms with E-state index in [-0.39, 0.29) is 6.10 Å². The number of rotatable bonds is 4. The van der Waals surface area contributed by atoms with Gasteiger partial charge in [0, 0.05) is 17.9 Å². The van der Waals surface area contributed by atoms with Crippen LogP contribution in [0.1, 0.15) is 28.9 Å². The standard InChI is InChI=1S/C18H23N3O3S/c1-12-5-6-13(2)17(9-12)25(22,23)21-8-7-16(11-21)24-18-19-14(3)10-15(4)20-18/h5-6,9-10,16H,7-8,11H2,1-4H3/t16-/m1/s1. The summed E-state index contributed by atoms with van der Waals surface area (Å²) in [6, 6.07) is 7.68. The fourth-order valence-electron chi connectivity index (χ4n) is 3.03. The van der Waals surface area contributed by atoms with Crippen molar-refractivity contribution < 1.29 is 13.2 Å². The predicted octanol–water partition coefficient (Wildman–Crippen LogP) is 2.55. The maximum Gasteiger partial charge on any atom is 0.317 e. The molecule has 1 aliphatic rings. The SMILES string of the molecule is Cc1ccc(C)c(S(=O)(=O)N2CC[C@@H](Oc3nc(C)cc(C)n3)C2)c1. The molecule has 0 aliphatic carbocycles. The molecule has 25 heavy (non-hydrogen) atoms. The van der Waals surface area contributed by atoms with Crippen molar-refractivity contribution in [2.75, 3.05) is 13.1 Å². The highest BCUT2D eigenvalue weighted by atomic mass is 32.2. The van der Waals surface area contributed by atoms with E-state index < -0.39 is 10.0 Å². The lowest BCUT2D eigenvalue weighted by atomic mass is 10.2. The summed E-state index contributed by atoms with van der Waals surface area (Å²) in [5, 5.41) is 0. The zero-order chi connectivity index (χ0) is 18.2. The van der Waals surface area contributed by atoms with Gasteiger partial charge in [-0.2, -0.15) is 4.31 Å². The fourth-order valence-corrected chi connectivity index (χ4v) is 4.83. The van der Waals surface area contributed by atoms with Crippen LogP contribution in [0, 0.1) is 27.7 Å². The lowest BCUT2D eigenvalue weighted by molar-refractivity contribution is 0.197. The zero-order valence-electron chi connectivity index (χ0n) is 15.0. The largest absolute Gasteiger partial charge is 0.459 e. The highest BCUT2D eigenvalue weighted by Crippen LogP contribution is 2.26. The molecule has 2 heterocycles. The molecule has 0 spiro atoms. The van der Waals surface area contributed by atoms with Crippen LogP contribution in [-0.2, 0) is 10.0 Å². The monoisotopic (exact) mass is 361 g/mol. The summed E-state index contributed by atoms with van der Waals surface area (Å²) in [5.41, 5.74) is 3.35. The molecule has 2 aromatic rings. The Bertz CT molecular complexity index is 876. The van der Waals surface area contributed by atoms with Crippen molar-refractivity contribution in [1.82, 2.24) is 14.3 Å². The Morgan fingerprint density at radius 2 is 1.76 bits per heavy atom. The molecule has 7 heteroatoms. The van der Waals surface area contributed by atoms with Gasteiger partial charge in [0.25, 0.3) is 0 Å². The quantitative estimate of drug-likeness (QED) is 0.837. The van der Waals surface area contributed by atoms with E-state index in [9.17, 15) is 8.42 Å². The third-order valence-electron chi connectivity index (χ3n) is 4.30. The van der Waals surface area contributed by atoms with Crippen LogP contribution in [0.5, 0.6) is 6.01 Å². The number of aromatic nitrogens is 2. The summed E-state index contributed by atoms with van der Waals surface area (Å²) < 4.78 is 33.2. The molecule has 1 atom stereocenters. The van der Waals surface area contributed by atoms with E-state index in [0.29, 0.717) is 30.4 Å². The topological polar surface area (TPSA) is 72.4 Å². The minimum absolute atomic E-state index is 0.235. The molecule has 0 bridgehead atoms. The fraction of sp³-hybridized carbons (Fsp3) is 0.444. The first-order valence-corrected chi connectivity index (χ1v) is 9.76. The third-order valence-corrected chi connectivity index (χ3v) is 6.31. The van der Waals surface area contributed by atoms with Crippen molar-refractivity contribution in [3.05, 3.63) is 46.8 Å². The Morgan fingerprint density at radius 1 is 1.08 bits per heavy atom. The molecule has 0 amide bonds. The summed E-state index contributed by atoms with van der Waals surface area (Å²) in [6.45, 7) is 8.23. The van der Waals surface area contributed by atoms with Crippen molar-refractivity contribution in [3.63, 3.8) is 0 Å². The number of nitrogens with zero attached hydrogens (tertiary/aromatic N) is 3. The molecular formula is C18H23N3O3S. The molecule has 0 radical (unpaired) electrons. The number of ether oxygens (including phenoxy) is 1. The minimum Gasteiger partial charge on any atom is -0.459 e. The van der Waals surface area contributed by atoms with E-state index in [1.807, 2.05) is 45.9 Å². The predicted molar refractivity (Wildman–Crippen MR) is 95.2 cm³/mol. The molecular weight excluding hydrogens is 338 g/mol. The van der Waals surface area contributed by atoms with Crippen LogP contribution in [-0.4, -0.2) is 41.9 Å². The van der Waals surface area contributed by atoms with Gasteiger partial charge in [0.2, 0.25) is 10.0 Å². The van der Waals surface area contributed by atoms with E-state index in [0.717, 1.165) is 22.5 Å². The van der Waals surface area contributed by atoms with Crippen LogP contribution < -0.4 is 4.74 Å². The molecule has 134 valence electrons. The lowest BCUT2D eigenvalue weighted by Gasteiger charge is -2.18. The van der Waals surface area contributed by atoms with Gasteiger partial charge in [0.05, 0.1) is 11.4 Å². The second-order valence-electron chi connectivity index (χ2n) is 6.59. The van der Waals surface area contributed by atoms with Crippen molar-refractivity contribution in [3.8, 4) is 6.01 Å². The van der Waals surface area contributed by atoms with Gasteiger partial charge in [0.1, 0.15) is 6.10 Å². The van der Waals surface area contributed by atoms with Gasteiger partial charge < -0.3 is 4.74 Å². The maximum absolute atomic E-state index is 13.0. The first-order valence-electron chi connectivity index (χ1n) is 8.32. The van der Waals surface area contributed by atoms with Gasteiger partial charge in [-0.1, -0.05) is 12.1 Å². The molecule has 0 saturated carbocycles. The highest BCUT2D eigenvalue weighted by molar-refractivity contribution is 7.89. The summed E-state index contributed by atoms with van der Waals surface area (Å²) in [4.78, 5) is 8.91. The first-order chi connectivity index (χ1) is 11.8. The Kier molecular flexibility index (Phi) is 4.79. The van der Waals surface area contributed by atoms with E-state index in [2.05, 4.69) is 9.97 Å². The summed E-state index contributed by atoms with van der Waals surface area (Å²) in [5.74, 6) is 0. The van der Waals surface area contributed by atoms with E-state index in [1.54, 1.807) is 6.07 Å². The van der Waals surface area contributed by atoms with Crippen LogP contribution in [0.25, 0.3) is 0 Å². The summed E-state index contributed by atoms with van der Waals surface area (Å²) >= 11 is 0. The van der Waals surface area contributed by atoms with Crippen molar-refractivity contribution in [1.29, 1.82) is 0 Å². The maximum atomic E-state index is 13.0. The molecule has 1 aromatic carbocycles. The Balaban J connectivity index is 1.76. The van der Waals surface area contributed by atoms with Crippen molar-refractivity contribution >= 4 is 10.0 Å². The van der Waals surface area contributed by atoms with Crippen LogP contribution in [0.3, 0.4) is 0 Å². The molecule has 1 fully saturated rings. The lowest BCUT2D eigenvalue weighted by Crippen LogP contribution is -2.31. The van der Waals surface area contributed by atoms with E-state index in [1.165, 1.54) is 4.31 Å². The normalized spacial score (nSPS) is 18.5. The summed E-state index contributed by atoms with van der Waals surface area (Å²) in [7, 11) is -3.52. The van der Waals surface area contributed by atoms with Gasteiger partial charge >= 0.3 is 6.01 Å². The average Bonchev–Trinajstić information content (AvgIpc) is 2.98. The minimum atomic E-state index is -3.52. The Hall–Kier alpha value is -1.99. The Labute approximate surface area is 148 Å². The van der Waals surface area contributed by atoms with Crippen LogP contribution in [0.15, 0.2) is 29.2 Å². The summed E-state index contributed by atoms with van der Waals surface area (Å²) in [6.07, 6.45) is 0.390. The number of sulfonamides is 1. The van der Waals surface area contributed by atoms with E-state index >= 15 is 0 Å². The van der Waals surface area contributed by atoms with Gasteiger partial charge in [-0.05, 0) is 57.4 Å². The number of benzene rings is 1. The van der Waals surface area contributed by atoms with Gasteiger partial charge in [0.15, 0.2) is 0 Å². The first kappa shape index (κ1) is 17.8. The molecule has 0 N–H and O–H groups in total. The molecule has 1 aliphatic heterocycles. The Morgan fingerprint density at radius 3 is 2.44 bits per heavy atom. The number of hydrogen-bond acceptors (Lipinski definition) is 5. The number of aryl methyl sites for hydroxylation is 4. The van der Waals surface area contributed by atoms with Crippen molar-refractivity contribution in [2.24, 2.45) is 0 Å². The van der Waals surface area contributed by atoms with Crippen molar-refractivity contribution in [2.45, 2.75) is 45.1 Å². The smallest absolute Gasteiger partial charge is 0.317 e. The van der Waals surface area contributed by atoms with Crippen LogP contribution in [0.4, 0.5) is 0 Å². The highest BCUT2D eigenvalue weighted by Gasteiger charge is 2.34. The van der Waals surface area contributed by atoms with Crippen LogP contribution in [0.2, 0.25) is 0 Å².